The minimum Gasteiger partial charge on any atom is -0.467 e. The second-order valence-electron chi connectivity index (χ2n) is 7.76. The average Bonchev–Trinajstić information content (AvgIpc) is 2.94. The highest BCUT2D eigenvalue weighted by atomic mass is 16.6. The number of hydrogen-bond donors (Lipinski definition) is 0. The fourth-order valence-corrected chi connectivity index (χ4v) is 4.46. The molecule has 0 N–H and O–H groups in total. The van der Waals surface area contributed by atoms with Crippen molar-refractivity contribution in [3.63, 3.8) is 0 Å². The van der Waals surface area contributed by atoms with Gasteiger partial charge in [0.2, 0.25) is 0 Å². The van der Waals surface area contributed by atoms with E-state index in [9.17, 15) is 4.79 Å². The van der Waals surface area contributed by atoms with Crippen LogP contribution in [0.2, 0.25) is 0 Å². The fourth-order valence-electron chi connectivity index (χ4n) is 4.46. The van der Waals surface area contributed by atoms with E-state index in [0.29, 0.717) is 6.61 Å². The molecule has 152 valence electrons. The molecule has 0 radical (unpaired) electrons. The molecule has 29 heavy (non-hydrogen) atoms. The lowest BCUT2D eigenvalue weighted by molar-refractivity contribution is -0.146. The number of hydrogen-bond acceptors (Lipinski definition) is 4. The van der Waals surface area contributed by atoms with Crippen molar-refractivity contribution >= 4 is 11.5 Å². The summed E-state index contributed by atoms with van der Waals surface area (Å²) in [6, 6.07) is 17.8. The number of methoxy groups -OCH3 is 1. The Labute approximate surface area is 173 Å². The quantitative estimate of drug-likeness (QED) is 0.573. The summed E-state index contributed by atoms with van der Waals surface area (Å²) >= 11 is 0. The number of carbonyl (C=O) groups is 1. The van der Waals surface area contributed by atoms with Gasteiger partial charge in [0, 0.05) is 19.6 Å². The third-order valence-corrected chi connectivity index (χ3v) is 6.05. The number of esters is 1. The molecule has 0 atom stereocenters. The molecule has 0 bridgehead atoms. The number of aryl methyl sites for hydroxylation is 2. The zero-order valence-electron chi connectivity index (χ0n) is 17.2. The minimum atomic E-state index is -0.318. The first-order valence-corrected chi connectivity index (χ1v) is 10.5. The molecule has 2 aromatic rings. The van der Waals surface area contributed by atoms with Crippen LogP contribution in [-0.4, -0.2) is 50.8 Å². The van der Waals surface area contributed by atoms with Gasteiger partial charge < -0.3 is 14.4 Å². The lowest BCUT2D eigenvalue weighted by atomic mass is 9.86. The molecule has 4 rings (SSSR count). The van der Waals surface area contributed by atoms with Gasteiger partial charge in [0.25, 0.3) is 0 Å². The normalized spacial score (nSPS) is 16.7. The van der Waals surface area contributed by atoms with Crippen molar-refractivity contribution in [2.75, 3.05) is 40.0 Å². The Kier molecular flexibility index (Phi) is 6.43. The maximum atomic E-state index is 11.1. The first-order chi connectivity index (χ1) is 14.3. The fraction of sp³-hybridized carbons (Fsp3) is 0.400. The lowest BCUT2D eigenvalue weighted by Crippen LogP contribution is -2.34. The number of piperidine rings is 1. The molecule has 1 saturated heterocycles. The molecule has 4 heteroatoms. The number of fused-ring (bicyclic) bond motifs is 2. The van der Waals surface area contributed by atoms with E-state index in [0.717, 1.165) is 45.3 Å². The van der Waals surface area contributed by atoms with Crippen molar-refractivity contribution in [2.24, 2.45) is 0 Å². The lowest BCUT2D eigenvalue weighted by Gasteiger charge is -2.30. The summed E-state index contributed by atoms with van der Waals surface area (Å²) in [6.45, 7) is 3.52. The summed E-state index contributed by atoms with van der Waals surface area (Å²) in [5.41, 5.74) is 8.80. The standard InChI is InChI=1S/C25H29NO3/c1-28-24(27)18-29-17-16-26-14-12-21(13-15-26)25-22-8-4-2-6-19(22)10-11-20-7-3-5-9-23(20)25/h2-9H,10-18H2,1H3. The Morgan fingerprint density at radius 1 is 0.897 bits per heavy atom. The highest BCUT2D eigenvalue weighted by Gasteiger charge is 2.23. The van der Waals surface area contributed by atoms with Gasteiger partial charge in [-0.1, -0.05) is 54.1 Å². The Morgan fingerprint density at radius 3 is 2.07 bits per heavy atom. The maximum Gasteiger partial charge on any atom is 0.331 e. The molecule has 0 aromatic heterocycles. The van der Waals surface area contributed by atoms with Crippen LogP contribution < -0.4 is 0 Å². The second-order valence-corrected chi connectivity index (χ2v) is 7.76. The van der Waals surface area contributed by atoms with Gasteiger partial charge in [-0.25, -0.2) is 4.79 Å². The Morgan fingerprint density at radius 2 is 1.48 bits per heavy atom. The van der Waals surface area contributed by atoms with Crippen LogP contribution in [0.5, 0.6) is 0 Å². The van der Waals surface area contributed by atoms with Gasteiger partial charge in [-0.2, -0.15) is 0 Å². The number of benzene rings is 2. The summed E-state index contributed by atoms with van der Waals surface area (Å²) in [5.74, 6) is -0.318. The van der Waals surface area contributed by atoms with Crippen molar-refractivity contribution in [1.82, 2.24) is 4.90 Å². The van der Waals surface area contributed by atoms with E-state index in [1.807, 2.05) is 0 Å². The second kappa shape index (κ2) is 9.38. The van der Waals surface area contributed by atoms with Crippen LogP contribution in [0.3, 0.4) is 0 Å². The summed E-state index contributed by atoms with van der Waals surface area (Å²) in [4.78, 5) is 13.6. The van der Waals surface area contributed by atoms with Gasteiger partial charge >= 0.3 is 5.97 Å². The predicted octanol–water partition coefficient (Wildman–Crippen LogP) is 3.87. The number of ether oxygens (including phenoxy) is 2. The zero-order valence-corrected chi connectivity index (χ0v) is 17.2. The zero-order chi connectivity index (χ0) is 20.1. The third-order valence-electron chi connectivity index (χ3n) is 6.05. The van der Waals surface area contributed by atoms with E-state index in [2.05, 4.69) is 58.2 Å². The highest BCUT2D eigenvalue weighted by molar-refractivity contribution is 5.86. The largest absolute Gasteiger partial charge is 0.467 e. The van der Waals surface area contributed by atoms with Crippen LogP contribution in [0.1, 0.15) is 35.1 Å². The number of likely N-dealkylation sites (tertiary alicyclic amines) is 1. The van der Waals surface area contributed by atoms with Crippen LogP contribution in [0.25, 0.3) is 5.57 Å². The molecule has 1 aliphatic carbocycles. The first kappa shape index (κ1) is 19.9. The van der Waals surface area contributed by atoms with Gasteiger partial charge in [-0.15, -0.1) is 0 Å². The summed E-state index contributed by atoms with van der Waals surface area (Å²) in [5, 5.41) is 0. The molecule has 1 fully saturated rings. The molecule has 0 saturated carbocycles. The molecule has 1 heterocycles. The van der Waals surface area contributed by atoms with E-state index in [4.69, 9.17) is 4.74 Å². The van der Waals surface area contributed by atoms with Gasteiger partial charge in [-0.3, -0.25) is 0 Å². The molecular formula is C25H29NO3. The summed E-state index contributed by atoms with van der Waals surface area (Å²) in [7, 11) is 1.38. The van der Waals surface area contributed by atoms with Crippen LogP contribution in [0, 0.1) is 0 Å². The molecule has 0 unspecified atom stereocenters. The topological polar surface area (TPSA) is 38.8 Å². The number of carbonyl (C=O) groups excluding carboxylic acids is 1. The van der Waals surface area contributed by atoms with Crippen LogP contribution in [-0.2, 0) is 27.1 Å². The molecule has 2 aromatic carbocycles. The monoisotopic (exact) mass is 391 g/mol. The molecule has 1 aliphatic heterocycles. The van der Waals surface area contributed by atoms with E-state index < -0.39 is 0 Å². The van der Waals surface area contributed by atoms with E-state index in [1.165, 1.54) is 34.9 Å². The van der Waals surface area contributed by atoms with Crippen molar-refractivity contribution in [3.05, 3.63) is 76.4 Å². The van der Waals surface area contributed by atoms with Gasteiger partial charge in [0.15, 0.2) is 0 Å². The van der Waals surface area contributed by atoms with E-state index in [1.54, 1.807) is 5.57 Å². The first-order valence-electron chi connectivity index (χ1n) is 10.5. The predicted molar refractivity (Wildman–Crippen MR) is 115 cm³/mol. The smallest absolute Gasteiger partial charge is 0.331 e. The Balaban J connectivity index is 1.50. The Bertz CT molecular complexity index is 843. The van der Waals surface area contributed by atoms with E-state index in [-0.39, 0.29) is 12.6 Å². The van der Waals surface area contributed by atoms with Crippen molar-refractivity contribution in [1.29, 1.82) is 0 Å². The average molecular weight is 392 g/mol. The summed E-state index contributed by atoms with van der Waals surface area (Å²) in [6.07, 6.45) is 4.37. The van der Waals surface area contributed by atoms with Gasteiger partial charge in [0.1, 0.15) is 6.61 Å². The number of nitrogens with zero attached hydrogens (tertiary/aromatic N) is 1. The third kappa shape index (κ3) is 4.60. The Hall–Kier alpha value is -2.43. The van der Waals surface area contributed by atoms with Crippen LogP contribution >= 0.6 is 0 Å². The molecule has 0 amide bonds. The minimum absolute atomic E-state index is 0.0349. The number of rotatable bonds is 5. The van der Waals surface area contributed by atoms with Crippen LogP contribution in [0.15, 0.2) is 54.1 Å². The van der Waals surface area contributed by atoms with Crippen molar-refractivity contribution in [2.45, 2.75) is 25.7 Å². The molecule has 4 nitrogen and oxygen atoms in total. The highest BCUT2D eigenvalue weighted by Crippen LogP contribution is 2.38. The maximum absolute atomic E-state index is 11.1. The van der Waals surface area contributed by atoms with Gasteiger partial charge in [-0.05, 0) is 53.5 Å². The molecule has 0 spiro atoms. The molecule has 2 aliphatic rings. The summed E-state index contributed by atoms with van der Waals surface area (Å²) < 4.78 is 10.0. The van der Waals surface area contributed by atoms with E-state index >= 15 is 0 Å². The van der Waals surface area contributed by atoms with Crippen LogP contribution in [0.4, 0.5) is 0 Å². The SMILES string of the molecule is COC(=O)COCCN1CCC(=C2c3ccccc3CCc3ccccc32)CC1. The van der Waals surface area contributed by atoms with Crippen molar-refractivity contribution in [3.8, 4) is 0 Å². The van der Waals surface area contributed by atoms with Crippen molar-refractivity contribution < 1.29 is 14.3 Å². The van der Waals surface area contributed by atoms with Gasteiger partial charge in [0.05, 0.1) is 13.7 Å². The molecular weight excluding hydrogens is 362 g/mol.